The summed E-state index contributed by atoms with van der Waals surface area (Å²) < 4.78 is 0. The largest absolute Gasteiger partial charge is 0.299 e. The second kappa shape index (κ2) is 6.00. The van der Waals surface area contributed by atoms with Gasteiger partial charge in [-0.3, -0.25) is 14.9 Å². The van der Waals surface area contributed by atoms with Crippen molar-refractivity contribution in [3.8, 4) is 0 Å². The molecule has 0 heterocycles. The first-order valence-electron chi connectivity index (χ1n) is 5.34. The fourth-order valence-electron chi connectivity index (χ4n) is 1.65. The number of nitro groups is 1. The van der Waals surface area contributed by atoms with E-state index in [4.69, 9.17) is 0 Å². The van der Waals surface area contributed by atoms with E-state index in [2.05, 4.69) is 0 Å². The van der Waals surface area contributed by atoms with Crippen LogP contribution in [0.3, 0.4) is 0 Å². The van der Waals surface area contributed by atoms with Gasteiger partial charge in [-0.1, -0.05) is 37.3 Å². The van der Waals surface area contributed by atoms with Crippen LogP contribution in [0, 0.1) is 10.1 Å². The average molecular weight is 221 g/mol. The van der Waals surface area contributed by atoms with Crippen LogP contribution in [-0.2, 0) is 4.79 Å². The van der Waals surface area contributed by atoms with Crippen LogP contribution < -0.4 is 0 Å². The number of carbonyl (C=O) groups is 1. The molecule has 0 spiro atoms. The fourth-order valence-corrected chi connectivity index (χ4v) is 1.65. The maximum Gasteiger partial charge on any atom is 0.217 e. The van der Waals surface area contributed by atoms with Crippen molar-refractivity contribution in [3.05, 3.63) is 46.0 Å². The molecule has 0 saturated heterocycles. The molecule has 0 fully saturated rings. The van der Waals surface area contributed by atoms with E-state index in [1.165, 1.54) is 0 Å². The lowest BCUT2D eigenvalue weighted by atomic mass is 9.92. The van der Waals surface area contributed by atoms with Gasteiger partial charge in [-0.25, -0.2) is 0 Å². The van der Waals surface area contributed by atoms with Gasteiger partial charge in [0.1, 0.15) is 11.7 Å². The van der Waals surface area contributed by atoms with Crippen LogP contribution in [-0.4, -0.2) is 17.3 Å². The highest BCUT2D eigenvalue weighted by molar-refractivity contribution is 5.85. The van der Waals surface area contributed by atoms with E-state index in [1.807, 2.05) is 13.0 Å². The quantitative estimate of drug-likeness (QED) is 0.547. The Bertz CT molecular complexity index is 362. The second-order valence-electron chi connectivity index (χ2n) is 3.69. The first-order chi connectivity index (χ1) is 7.65. The van der Waals surface area contributed by atoms with Gasteiger partial charge in [-0.05, 0) is 12.0 Å². The van der Waals surface area contributed by atoms with Crippen LogP contribution >= 0.6 is 0 Å². The average Bonchev–Trinajstić information content (AvgIpc) is 2.27. The highest BCUT2D eigenvalue weighted by Gasteiger charge is 2.24. The normalized spacial score (nSPS) is 12.1. The summed E-state index contributed by atoms with van der Waals surface area (Å²) in [4.78, 5) is 21.9. The summed E-state index contributed by atoms with van der Waals surface area (Å²) in [6, 6.07) is 8.95. The van der Waals surface area contributed by atoms with Crippen molar-refractivity contribution < 1.29 is 9.72 Å². The lowest BCUT2D eigenvalue weighted by molar-refractivity contribution is -0.481. The predicted molar refractivity (Wildman–Crippen MR) is 61.0 cm³/mol. The summed E-state index contributed by atoms with van der Waals surface area (Å²) in [7, 11) is 0. The van der Waals surface area contributed by atoms with E-state index < -0.39 is 10.8 Å². The lowest BCUT2D eigenvalue weighted by Crippen LogP contribution is -2.21. The number of ketones is 1. The van der Waals surface area contributed by atoms with Crippen molar-refractivity contribution in [2.75, 3.05) is 6.54 Å². The number of nitrogens with zero attached hydrogens (tertiary/aromatic N) is 1. The molecule has 0 unspecified atom stereocenters. The molecule has 0 aliphatic carbocycles. The van der Waals surface area contributed by atoms with Gasteiger partial charge in [-0.2, -0.15) is 0 Å². The standard InChI is InChI=1S/C12H15NO3/c1-2-6-12(14)11(9-13(15)16)10-7-4-3-5-8-10/h3-5,7-8,11H,2,6,9H2,1H3/t11-/m1/s1. The van der Waals surface area contributed by atoms with Crippen molar-refractivity contribution in [2.24, 2.45) is 0 Å². The molecule has 4 heteroatoms. The van der Waals surface area contributed by atoms with Crippen LogP contribution in [0.1, 0.15) is 31.2 Å². The Hall–Kier alpha value is -1.71. The molecular formula is C12H15NO3. The van der Waals surface area contributed by atoms with Crippen molar-refractivity contribution in [2.45, 2.75) is 25.7 Å². The van der Waals surface area contributed by atoms with Gasteiger partial charge >= 0.3 is 0 Å². The lowest BCUT2D eigenvalue weighted by Gasteiger charge is -2.11. The summed E-state index contributed by atoms with van der Waals surface area (Å²) in [5.41, 5.74) is 0.734. The molecule has 0 aromatic heterocycles. The molecule has 1 atom stereocenters. The Morgan fingerprint density at radius 1 is 1.38 bits per heavy atom. The van der Waals surface area contributed by atoms with E-state index in [9.17, 15) is 14.9 Å². The van der Waals surface area contributed by atoms with Crippen LogP contribution in [0.25, 0.3) is 0 Å². The maximum absolute atomic E-state index is 11.8. The Balaban J connectivity index is 2.87. The third-order valence-corrected chi connectivity index (χ3v) is 2.42. The highest BCUT2D eigenvalue weighted by Crippen LogP contribution is 2.19. The summed E-state index contributed by atoms with van der Waals surface area (Å²) in [6.07, 6.45) is 1.12. The number of carbonyl (C=O) groups excluding carboxylic acids is 1. The zero-order valence-corrected chi connectivity index (χ0v) is 9.26. The zero-order chi connectivity index (χ0) is 12.0. The zero-order valence-electron chi connectivity index (χ0n) is 9.26. The first kappa shape index (κ1) is 12.4. The fraction of sp³-hybridized carbons (Fsp3) is 0.417. The Morgan fingerprint density at radius 2 is 2.00 bits per heavy atom. The third-order valence-electron chi connectivity index (χ3n) is 2.42. The molecule has 0 radical (unpaired) electrons. The molecule has 0 aliphatic heterocycles. The number of hydrogen-bond donors (Lipinski definition) is 0. The minimum atomic E-state index is -0.601. The van der Waals surface area contributed by atoms with Crippen molar-refractivity contribution in [1.29, 1.82) is 0 Å². The predicted octanol–water partition coefficient (Wildman–Crippen LogP) is 2.42. The van der Waals surface area contributed by atoms with Gasteiger partial charge in [0.05, 0.1) is 0 Å². The molecule has 0 aliphatic rings. The van der Waals surface area contributed by atoms with Gasteiger partial charge in [0.25, 0.3) is 0 Å². The van der Waals surface area contributed by atoms with E-state index in [0.29, 0.717) is 6.42 Å². The van der Waals surface area contributed by atoms with Crippen molar-refractivity contribution in [1.82, 2.24) is 0 Å². The maximum atomic E-state index is 11.8. The van der Waals surface area contributed by atoms with Gasteiger partial charge in [0.2, 0.25) is 6.54 Å². The van der Waals surface area contributed by atoms with E-state index in [-0.39, 0.29) is 12.3 Å². The molecule has 86 valence electrons. The van der Waals surface area contributed by atoms with Crippen molar-refractivity contribution >= 4 is 5.78 Å². The summed E-state index contributed by atoms with van der Waals surface area (Å²) in [6.45, 7) is 1.58. The molecular weight excluding hydrogens is 206 g/mol. The summed E-state index contributed by atoms with van der Waals surface area (Å²) in [5.74, 6) is -0.651. The molecule has 0 saturated carbocycles. The molecule has 4 nitrogen and oxygen atoms in total. The van der Waals surface area contributed by atoms with E-state index in [0.717, 1.165) is 12.0 Å². The Kier molecular flexibility index (Phi) is 4.64. The monoisotopic (exact) mass is 221 g/mol. The Morgan fingerprint density at radius 3 is 2.50 bits per heavy atom. The number of rotatable bonds is 6. The molecule has 0 bridgehead atoms. The smallest absolute Gasteiger partial charge is 0.217 e. The summed E-state index contributed by atoms with van der Waals surface area (Å²) in [5, 5.41) is 10.5. The van der Waals surface area contributed by atoms with Gasteiger partial charge < -0.3 is 0 Å². The molecule has 1 aromatic rings. The van der Waals surface area contributed by atoms with Gasteiger partial charge in [0, 0.05) is 11.3 Å². The van der Waals surface area contributed by atoms with Crippen LogP contribution in [0.4, 0.5) is 0 Å². The highest BCUT2D eigenvalue weighted by atomic mass is 16.6. The van der Waals surface area contributed by atoms with Crippen LogP contribution in [0.5, 0.6) is 0 Å². The minimum absolute atomic E-state index is 0.0506. The van der Waals surface area contributed by atoms with E-state index >= 15 is 0 Å². The van der Waals surface area contributed by atoms with E-state index in [1.54, 1.807) is 24.3 Å². The summed E-state index contributed by atoms with van der Waals surface area (Å²) >= 11 is 0. The SMILES string of the molecule is CCCC(=O)[C@H](C[N+](=O)[O-])c1ccccc1. The van der Waals surface area contributed by atoms with Crippen LogP contribution in [0.2, 0.25) is 0 Å². The minimum Gasteiger partial charge on any atom is -0.299 e. The first-order valence-corrected chi connectivity index (χ1v) is 5.34. The molecule has 0 amide bonds. The van der Waals surface area contributed by atoms with Crippen molar-refractivity contribution in [3.63, 3.8) is 0 Å². The molecule has 16 heavy (non-hydrogen) atoms. The second-order valence-corrected chi connectivity index (χ2v) is 3.69. The molecule has 1 rings (SSSR count). The Labute approximate surface area is 94.4 Å². The number of Topliss-reactive ketones (excluding diaryl/α,β-unsaturated/α-hetero) is 1. The third kappa shape index (κ3) is 3.46. The number of hydrogen-bond acceptors (Lipinski definition) is 3. The molecule has 1 aromatic carbocycles. The number of benzene rings is 1. The molecule has 0 N–H and O–H groups in total. The van der Waals surface area contributed by atoms with Gasteiger partial charge in [-0.15, -0.1) is 0 Å². The van der Waals surface area contributed by atoms with Crippen LogP contribution in [0.15, 0.2) is 30.3 Å². The van der Waals surface area contributed by atoms with Gasteiger partial charge in [0.15, 0.2) is 0 Å². The topological polar surface area (TPSA) is 60.2 Å².